The van der Waals surface area contributed by atoms with Crippen molar-refractivity contribution in [2.45, 2.75) is 63.5 Å². The summed E-state index contributed by atoms with van der Waals surface area (Å²) in [5.41, 5.74) is 0. The smallest absolute Gasteiger partial charge is 0.317 e. The second-order valence-corrected chi connectivity index (χ2v) is 7.11. The van der Waals surface area contributed by atoms with Crippen LogP contribution in [0, 0.1) is 0 Å². The molecule has 0 aromatic rings. The Morgan fingerprint density at radius 1 is 0.917 bits per heavy atom. The molecule has 0 spiro atoms. The minimum absolute atomic E-state index is 0.00427. The van der Waals surface area contributed by atoms with E-state index in [0.717, 1.165) is 19.3 Å². The van der Waals surface area contributed by atoms with Crippen LogP contribution in [0.15, 0.2) is 0 Å². The Morgan fingerprint density at radius 2 is 1.62 bits per heavy atom. The first-order valence-electron chi connectivity index (χ1n) is 9.27. The SMILES string of the molecule is O=C1CCC(C(=O)N2CCCN(C(=O)NC3CCCCC3)CC2)N1. The van der Waals surface area contributed by atoms with Crippen LogP contribution in [0.3, 0.4) is 0 Å². The fourth-order valence-electron chi connectivity index (χ4n) is 3.87. The lowest BCUT2D eigenvalue weighted by Crippen LogP contribution is -2.48. The Kier molecular flexibility index (Phi) is 5.58. The second-order valence-electron chi connectivity index (χ2n) is 7.11. The lowest BCUT2D eigenvalue weighted by atomic mass is 9.96. The average molecular weight is 336 g/mol. The maximum atomic E-state index is 12.5. The van der Waals surface area contributed by atoms with E-state index < -0.39 is 0 Å². The highest BCUT2D eigenvalue weighted by atomic mass is 16.2. The zero-order valence-corrected chi connectivity index (χ0v) is 14.3. The molecule has 134 valence electrons. The molecule has 0 bridgehead atoms. The highest BCUT2D eigenvalue weighted by molar-refractivity contribution is 5.90. The van der Waals surface area contributed by atoms with Gasteiger partial charge in [-0.2, -0.15) is 0 Å². The summed E-state index contributed by atoms with van der Waals surface area (Å²) in [6, 6.07) is -0.0635. The van der Waals surface area contributed by atoms with Crippen LogP contribution < -0.4 is 10.6 Å². The molecule has 2 aliphatic heterocycles. The number of rotatable bonds is 2. The van der Waals surface area contributed by atoms with Crippen LogP contribution in [0.4, 0.5) is 4.79 Å². The first kappa shape index (κ1) is 17.0. The largest absolute Gasteiger partial charge is 0.344 e. The summed E-state index contributed by atoms with van der Waals surface area (Å²) in [5, 5.41) is 5.88. The monoisotopic (exact) mass is 336 g/mol. The molecule has 2 saturated heterocycles. The van der Waals surface area contributed by atoms with Gasteiger partial charge in [0.25, 0.3) is 0 Å². The molecule has 7 nitrogen and oxygen atoms in total. The fraction of sp³-hybridized carbons (Fsp3) is 0.824. The molecule has 2 N–H and O–H groups in total. The van der Waals surface area contributed by atoms with Crippen molar-refractivity contribution in [3.63, 3.8) is 0 Å². The summed E-state index contributed by atoms with van der Waals surface area (Å²) in [6.07, 6.45) is 7.60. The van der Waals surface area contributed by atoms with Gasteiger partial charge < -0.3 is 20.4 Å². The molecule has 7 heteroatoms. The summed E-state index contributed by atoms with van der Waals surface area (Å²) >= 11 is 0. The number of hydrogen-bond donors (Lipinski definition) is 2. The zero-order valence-electron chi connectivity index (χ0n) is 14.3. The van der Waals surface area contributed by atoms with E-state index in [9.17, 15) is 14.4 Å². The van der Waals surface area contributed by atoms with Crippen molar-refractivity contribution >= 4 is 17.8 Å². The molecule has 1 aliphatic carbocycles. The molecule has 2 heterocycles. The Labute approximate surface area is 143 Å². The molecular formula is C17H28N4O3. The molecular weight excluding hydrogens is 308 g/mol. The number of carbonyl (C=O) groups excluding carboxylic acids is 3. The highest BCUT2D eigenvalue weighted by Crippen LogP contribution is 2.18. The number of nitrogens with zero attached hydrogens (tertiary/aromatic N) is 2. The van der Waals surface area contributed by atoms with Gasteiger partial charge in [-0.05, 0) is 25.7 Å². The van der Waals surface area contributed by atoms with Crippen LogP contribution in [-0.4, -0.2) is 65.9 Å². The quantitative estimate of drug-likeness (QED) is 0.784. The normalized spacial score (nSPS) is 26.0. The van der Waals surface area contributed by atoms with E-state index in [4.69, 9.17) is 0 Å². The van der Waals surface area contributed by atoms with Gasteiger partial charge in [0.1, 0.15) is 6.04 Å². The molecule has 24 heavy (non-hydrogen) atoms. The Balaban J connectivity index is 1.48. The van der Waals surface area contributed by atoms with E-state index >= 15 is 0 Å². The van der Waals surface area contributed by atoms with Gasteiger partial charge in [0, 0.05) is 38.6 Å². The molecule has 1 atom stereocenters. The summed E-state index contributed by atoms with van der Waals surface area (Å²) < 4.78 is 0. The van der Waals surface area contributed by atoms with Gasteiger partial charge in [-0.3, -0.25) is 9.59 Å². The number of nitrogens with one attached hydrogen (secondary N) is 2. The molecule has 0 aromatic carbocycles. The van der Waals surface area contributed by atoms with Crippen molar-refractivity contribution in [3.8, 4) is 0 Å². The lowest BCUT2D eigenvalue weighted by molar-refractivity contribution is -0.134. The summed E-state index contributed by atoms with van der Waals surface area (Å²) in [4.78, 5) is 39.9. The standard InChI is InChI=1S/C17H28N4O3/c22-15-8-7-14(19-15)16(23)20-9-4-10-21(12-11-20)17(24)18-13-5-2-1-3-6-13/h13-14H,1-12H2,(H,18,24)(H,19,22). The van der Waals surface area contributed by atoms with Crippen LogP contribution in [0.5, 0.6) is 0 Å². The van der Waals surface area contributed by atoms with Gasteiger partial charge in [-0.15, -0.1) is 0 Å². The molecule has 1 saturated carbocycles. The third kappa shape index (κ3) is 4.19. The van der Waals surface area contributed by atoms with Crippen LogP contribution in [0.1, 0.15) is 51.4 Å². The van der Waals surface area contributed by atoms with E-state index in [2.05, 4.69) is 10.6 Å². The van der Waals surface area contributed by atoms with E-state index in [1.165, 1.54) is 19.3 Å². The predicted octanol–water partition coefficient (Wildman–Crippen LogP) is 0.842. The summed E-state index contributed by atoms with van der Waals surface area (Å²) in [7, 11) is 0. The molecule has 3 fully saturated rings. The molecule has 3 rings (SSSR count). The van der Waals surface area contributed by atoms with E-state index in [0.29, 0.717) is 45.1 Å². The maximum absolute atomic E-state index is 12.5. The molecule has 0 aromatic heterocycles. The van der Waals surface area contributed by atoms with Gasteiger partial charge >= 0.3 is 6.03 Å². The maximum Gasteiger partial charge on any atom is 0.317 e. The lowest BCUT2D eigenvalue weighted by Gasteiger charge is -2.28. The number of hydrogen-bond acceptors (Lipinski definition) is 3. The fourth-order valence-corrected chi connectivity index (χ4v) is 3.87. The molecule has 1 unspecified atom stereocenters. The molecule has 0 radical (unpaired) electrons. The van der Waals surface area contributed by atoms with Crippen LogP contribution in [0.25, 0.3) is 0 Å². The van der Waals surface area contributed by atoms with Crippen LogP contribution in [-0.2, 0) is 9.59 Å². The predicted molar refractivity (Wildman–Crippen MR) is 89.3 cm³/mol. The third-order valence-electron chi connectivity index (χ3n) is 5.32. The topological polar surface area (TPSA) is 81.8 Å². The van der Waals surface area contributed by atoms with Crippen molar-refractivity contribution in [1.29, 1.82) is 0 Å². The van der Waals surface area contributed by atoms with Gasteiger partial charge in [0.15, 0.2) is 0 Å². The van der Waals surface area contributed by atoms with Crippen LogP contribution in [0.2, 0.25) is 0 Å². The van der Waals surface area contributed by atoms with Crippen molar-refractivity contribution < 1.29 is 14.4 Å². The number of carbonyl (C=O) groups is 3. The first-order valence-corrected chi connectivity index (χ1v) is 9.27. The van der Waals surface area contributed by atoms with Crippen LogP contribution >= 0.6 is 0 Å². The Bertz CT molecular complexity index is 490. The average Bonchev–Trinajstić information content (AvgIpc) is 2.87. The van der Waals surface area contributed by atoms with Gasteiger partial charge in [-0.1, -0.05) is 19.3 Å². The van der Waals surface area contributed by atoms with Gasteiger partial charge in [0.2, 0.25) is 11.8 Å². The van der Waals surface area contributed by atoms with E-state index in [1.807, 2.05) is 4.90 Å². The number of amides is 4. The molecule has 4 amide bonds. The summed E-state index contributed by atoms with van der Waals surface area (Å²) in [5.74, 6) is -0.0490. The minimum atomic E-state index is -0.375. The summed E-state index contributed by atoms with van der Waals surface area (Å²) in [6.45, 7) is 2.44. The second kappa shape index (κ2) is 7.85. The first-order chi connectivity index (χ1) is 11.6. The van der Waals surface area contributed by atoms with Crippen molar-refractivity contribution in [3.05, 3.63) is 0 Å². The van der Waals surface area contributed by atoms with Gasteiger partial charge in [0.05, 0.1) is 0 Å². The third-order valence-corrected chi connectivity index (χ3v) is 5.32. The van der Waals surface area contributed by atoms with Crippen molar-refractivity contribution in [2.75, 3.05) is 26.2 Å². The molecule has 3 aliphatic rings. The minimum Gasteiger partial charge on any atom is -0.344 e. The zero-order chi connectivity index (χ0) is 16.9. The Hall–Kier alpha value is -1.79. The van der Waals surface area contributed by atoms with E-state index in [1.54, 1.807) is 4.90 Å². The van der Waals surface area contributed by atoms with E-state index in [-0.39, 0.29) is 23.9 Å². The number of urea groups is 1. The highest BCUT2D eigenvalue weighted by Gasteiger charge is 2.32. The van der Waals surface area contributed by atoms with Crippen molar-refractivity contribution in [1.82, 2.24) is 20.4 Å². The van der Waals surface area contributed by atoms with Gasteiger partial charge in [-0.25, -0.2) is 4.79 Å². The Morgan fingerprint density at radius 3 is 2.33 bits per heavy atom. The van der Waals surface area contributed by atoms with Crippen molar-refractivity contribution in [2.24, 2.45) is 0 Å².